The van der Waals surface area contributed by atoms with E-state index in [-0.39, 0.29) is 0 Å². The molecule has 0 spiro atoms. The lowest BCUT2D eigenvalue weighted by Crippen LogP contribution is -2.01. The number of aryl methyl sites for hydroxylation is 2. The second-order valence-corrected chi connectivity index (χ2v) is 5.18. The Morgan fingerprint density at radius 3 is 3.00 bits per heavy atom. The molecule has 6 nitrogen and oxygen atoms in total. The lowest BCUT2D eigenvalue weighted by atomic mass is 10.4. The van der Waals surface area contributed by atoms with Crippen molar-refractivity contribution in [3.63, 3.8) is 0 Å². The molecule has 7 heteroatoms. The molecule has 0 fully saturated rings. The molecule has 0 aliphatic carbocycles. The maximum atomic E-state index is 5.92. The number of aromatic nitrogens is 4. The van der Waals surface area contributed by atoms with Gasteiger partial charge in [-0.2, -0.15) is 5.10 Å². The second-order valence-electron chi connectivity index (χ2n) is 4.16. The van der Waals surface area contributed by atoms with Gasteiger partial charge >= 0.3 is 0 Å². The van der Waals surface area contributed by atoms with Gasteiger partial charge in [-0.1, -0.05) is 0 Å². The minimum Gasteiger partial charge on any atom is -0.468 e. The van der Waals surface area contributed by atoms with Crippen LogP contribution in [0.15, 0.2) is 27.8 Å². The average molecular weight is 275 g/mol. The van der Waals surface area contributed by atoms with Gasteiger partial charge < -0.3 is 10.2 Å². The van der Waals surface area contributed by atoms with Crippen molar-refractivity contribution in [2.75, 3.05) is 5.73 Å². The smallest absolute Gasteiger partial charge is 0.163 e. The number of thioether (sulfide) groups is 1. The predicted octanol–water partition coefficient (Wildman–Crippen LogP) is 2.14. The van der Waals surface area contributed by atoms with Crippen molar-refractivity contribution in [2.45, 2.75) is 17.6 Å². The van der Waals surface area contributed by atoms with Crippen LogP contribution >= 0.6 is 11.8 Å². The molecule has 0 unspecified atom stereocenters. The molecule has 3 heterocycles. The van der Waals surface area contributed by atoms with E-state index < -0.39 is 0 Å². The van der Waals surface area contributed by atoms with Gasteiger partial charge in [-0.15, -0.1) is 11.8 Å². The van der Waals surface area contributed by atoms with Crippen LogP contribution in [-0.4, -0.2) is 19.7 Å². The molecule has 0 radical (unpaired) electrons. The fraction of sp³-hybridized carbons (Fsp3) is 0.250. The van der Waals surface area contributed by atoms with Crippen LogP contribution in [0.5, 0.6) is 0 Å². The second kappa shape index (κ2) is 4.58. The molecule has 0 aromatic carbocycles. The predicted molar refractivity (Wildman–Crippen MR) is 73.7 cm³/mol. The highest BCUT2D eigenvalue weighted by Gasteiger charge is 2.10. The first-order chi connectivity index (χ1) is 9.15. The Kier molecular flexibility index (Phi) is 2.90. The zero-order chi connectivity index (χ0) is 13.4. The highest BCUT2D eigenvalue weighted by Crippen LogP contribution is 2.26. The van der Waals surface area contributed by atoms with Gasteiger partial charge in [-0.25, -0.2) is 9.97 Å². The van der Waals surface area contributed by atoms with Crippen molar-refractivity contribution in [3.8, 4) is 0 Å². The summed E-state index contributed by atoms with van der Waals surface area (Å²) >= 11 is 1.63. The first-order valence-corrected chi connectivity index (χ1v) is 6.74. The van der Waals surface area contributed by atoms with Crippen LogP contribution < -0.4 is 5.73 Å². The summed E-state index contributed by atoms with van der Waals surface area (Å²) in [4.78, 5) is 9.88. The van der Waals surface area contributed by atoms with Crippen molar-refractivity contribution in [2.24, 2.45) is 7.05 Å². The zero-order valence-electron chi connectivity index (χ0n) is 10.6. The van der Waals surface area contributed by atoms with Crippen molar-refractivity contribution in [1.29, 1.82) is 0 Å². The molecule has 0 atom stereocenters. The van der Waals surface area contributed by atoms with Crippen LogP contribution in [0.2, 0.25) is 0 Å². The molecule has 0 saturated carbocycles. The Morgan fingerprint density at radius 2 is 2.26 bits per heavy atom. The monoisotopic (exact) mass is 275 g/mol. The fourth-order valence-electron chi connectivity index (χ4n) is 1.82. The Balaban J connectivity index is 1.89. The fourth-order valence-corrected chi connectivity index (χ4v) is 2.64. The van der Waals surface area contributed by atoms with Gasteiger partial charge in [0.15, 0.2) is 5.65 Å². The van der Waals surface area contributed by atoms with E-state index in [1.807, 2.05) is 20.0 Å². The molecule has 19 heavy (non-hydrogen) atoms. The summed E-state index contributed by atoms with van der Waals surface area (Å²) in [5.74, 6) is 2.71. The highest BCUT2D eigenvalue weighted by atomic mass is 32.2. The van der Waals surface area contributed by atoms with E-state index >= 15 is 0 Å². The molecule has 2 N–H and O–H groups in total. The third kappa shape index (κ3) is 2.17. The Bertz CT molecular complexity index is 733. The molecule has 3 aromatic rings. The molecule has 0 amide bonds. The number of furan rings is 1. The van der Waals surface area contributed by atoms with Crippen LogP contribution in [0.3, 0.4) is 0 Å². The number of nitrogens with two attached hydrogens (primary N) is 1. The first kappa shape index (κ1) is 12.0. The summed E-state index contributed by atoms with van der Waals surface area (Å²) < 4.78 is 6.95. The topological polar surface area (TPSA) is 82.8 Å². The minimum absolute atomic E-state index is 0.470. The van der Waals surface area contributed by atoms with Gasteiger partial charge in [-0.05, 0) is 13.0 Å². The zero-order valence-corrected chi connectivity index (χ0v) is 11.4. The Labute approximate surface area is 114 Å². The number of hydrogen-bond acceptors (Lipinski definition) is 6. The number of rotatable bonds is 3. The van der Waals surface area contributed by atoms with Gasteiger partial charge in [0.2, 0.25) is 0 Å². The van der Waals surface area contributed by atoms with Crippen LogP contribution in [0, 0.1) is 6.92 Å². The maximum Gasteiger partial charge on any atom is 0.163 e. The summed E-state index contributed by atoms with van der Waals surface area (Å²) in [6.45, 7) is 1.93. The lowest BCUT2D eigenvalue weighted by molar-refractivity contribution is 0.527. The normalized spacial score (nSPS) is 11.3. The number of fused-ring (bicyclic) bond motifs is 1. The van der Waals surface area contributed by atoms with Crippen LogP contribution in [0.25, 0.3) is 11.0 Å². The molecule has 98 valence electrons. The quantitative estimate of drug-likeness (QED) is 0.737. The molecule has 3 rings (SSSR count). The van der Waals surface area contributed by atoms with E-state index in [2.05, 4.69) is 15.1 Å². The number of nitrogens with zero attached hydrogens (tertiary/aromatic N) is 4. The number of hydrogen-bond donors (Lipinski definition) is 1. The maximum absolute atomic E-state index is 5.92. The Hall–Kier alpha value is -2.02. The van der Waals surface area contributed by atoms with Crippen LogP contribution in [0.4, 0.5) is 5.82 Å². The van der Waals surface area contributed by atoms with E-state index in [4.69, 9.17) is 10.2 Å². The summed E-state index contributed by atoms with van der Waals surface area (Å²) in [6, 6.07) is 1.94. The van der Waals surface area contributed by atoms with E-state index in [9.17, 15) is 0 Å². The standard InChI is InChI=1S/C12H13N5OS/c1-7-9(3-4-18-7)19-6-10-15-11(13)8-5-14-17(2)12(8)16-10/h3-5H,6H2,1-2H3,(H2,13,15,16). The molecular formula is C12H13N5OS. The summed E-state index contributed by atoms with van der Waals surface area (Å²) in [5, 5.41) is 4.92. The molecular weight excluding hydrogens is 262 g/mol. The lowest BCUT2D eigenvalue weighted by Gasteiger charge is -2.03. The Morgan fingerprint density at radius 1 is 1.42 bits per heavy atom. The number of anilines is 1. The van der Waals surface area contributed by atoms with E-state index in [1.165, 1.54) is 0 Å². The van der Waals surface area contributed by atoms with E-state index in [1.54, 1.807) is 28.9 Å². The summed E-state index contributed by atoms with van der Waals surface area (Å²) in [7, 11) is 1.84. The highest BCUT2D eigenvalue weighted by molar-refractivity contribution is 7.98. The molecule has 0 saturated heterocycles. The van der Waals surface area contributed by atoms with Gasteiger partial charge in [0.05, 0.1) is 23.6 Å². The first-order valence-electron chi connectivity index (χ1n) is 5.76. The van der Waals surface area contributed by atoms with Gasteiger partial charge in [0.25, 0.3) is 0 Å². The van der Waals surface area contributed by atoms with Crippen molar-refractivity contribution in [1.82, 2.24) is 19.7 Å². The van der Waals surface area contributed by atoms with Crippen LogP contribution in [-0.2, 0) is 12.8 Å². The molecule has 0 bridgehead atoms. The molecule has 0 aliphatic heterocycles. The van der Waals surface area contributed by atoms with Gasteiger partial charge in [0.1, 0.15) is 17.4 Å². The number of nitrogen functional groups attached to an aromatic ring is 1. The average Bonchev–Trinajstić information content (AvgIpc) is 2.95. The van der Waals surface area contributed by atoms with Crippen molar-refractivity contribution in [3.05, 3.63) is 30.1 Å². The van der Waals surface area contributed by atoms with Crippen molar-refractivity contribution < 1.29 is 4.42 Å². The van der Waals surface area contributed by atoms with Gasteiger partial charge in [0, 0.05) is 11.9 Å². The van der Waals surface area contributed by atoms with Crippen molar-refractivity contribution >= 4 is 28.6 Å². The third-order valence-electron chi connectivity index (χ3n) is 2.84. The SMILES string of the molecule is Cc1occc1SCc1nc(N)c2cnn(C)c2n1. The van der Waals surface area contributed by atoms with E-state index in [0.29, 0.717) is 17.4 Å². The largest absolute Gasteiger partial charge is 0.468 e. The van der Waals surface area contributed by atoms with Crippen LogP contribution in [0.1, 0.15) is 11.6 Å². The summed E-state index contributed by atoms with van der Waals surface area (Å²) in [5.41, 5.74) is 6.67. The third-order valence-corrected chi connectivity index (χ3v) is 3.97. The molecule has 0 aliphatic rings. The summed E-state index contributed by atoms with van der Waals surface area (Å²) in [6.07, 6.45) is 3.36. The minimum atomic E-state index is 0.470. The van der Waals surface area contributed by atoms with E-state index in [0.717, 1.165) is 21.7 Å². The molecule has 3 aromatic heterocycles. The van der Waals surface area contributed by atoms with Gasteiger partial charge in [-0.3, -0.25) is 4.68 Å².